The van der Waals surface area contributed by atoms with Crippen LogP contribution >= 0.6 is 34.2 Å². The van der Waals surface area contributed by atoms with Gasteiger partial charge in [-0.15, -0.1) is 0 Å². The van der Waals surface area contributed by atoms with Crippen LogP contribution in [0.15, 0.2) is 36.4 Å². The molecule has 0 radical (unpaired) electrons. The zero-order valence-corrected chi connectivity index (χ0v) is 13.4. The SMILES string of the molecule is Nc1ccc([N+](=O)[O-])cc1C(=O)Nc1ccc(I)cc1Cl. The van der Waals surface area contributed by atoms with Gasteiger partial charge in [0.15, 0.2) is 0 Å². The van der Waals surface area contributed by atoms with Gasteiger partial charge in [0.05, 0.1) is 21.2 Å². The molecule has 21 heavy (non-hydrogen) atoms. The molecule has 2 aromatic carbocycles. The molecular weight excluding hydrogens is 409 g/mol. The van der Waals surface area contributed by atoms with Gasteiger partial charge in [0.2, 0.25) is 0 Å². The van der Waals surface area contributed by atoms with Gasteiger partial charge < -0.3 is 11.1 Å². The number of nitrogen functional groups attached to an aromatic ring is 1. The fourth-order valence-electron chi connectivity index (χ4n) is 1.63. The molecule has 2 rings (SSSR count). The topological polar surface area (TPSA) is 98.3 Å². The van der Waals surface area contributed by atoms with Gasteiger partial charge in [0.25, 0.3) is 11.6 Å². The van der Waals surface area contributed by atoms with Crippen molar-refractivity contribution in [1.82, 2.24) is 0 Å². The second-order valence-electron chi connectivity index (χ2n) is 4.11. The number of amides is 1. The number of anilines is 2. The number of rotatable bonds is 3. The molecule has 0 aliphatic heterocycles. The summed E-state index contributed by atoms with van der Waals surface area (Å²) in [6.45, 7) is 0. The Kier molecular flexibility index (Phi) is 4.63. The van der Waals surface area contributed by atoms with Crippen LogP contribution in [0.2, 0.25) is 5.02 Å². The molecule has 6 nitrogen and oxygen atoms in total. The van der Waals surface area contributed by atoms with Gasteiger partial charge in [0, 0.05) is 21.4 Å². The van der Waals surface area contributed by atoms with Crippen LogP contribution in [0.4, 0.5) is 17.1 Å². The van der Waals surface area contributed by atoms with Crippen molar-refractivity contribution in [1.29, 1.82) is 0 Å². The Hall–Kier alpha value is -1.87. The Balaban J connectivity index is 2.32. The monoisotopic (exact) mass is 417 g/mol. The van der Waals surface area contributed by atoms with E-state index in [0.717, 1.165) is 9.64 Å². The number of nitrogens with zero attached hydrogens (tertiary/aromatic N) is 1. The van der Waals surface area contributed by atoms with Crippen LogP contribution in [0.3, 0.4) is 0 Å². The number of nitrogens with two attached hydrogens (primary N) is 1. The summed E-state index contributed by atoms with van der Waals surface area (Å²) in [5, 5.41) is 13.7. The minimum absolute atomic E-state index is 0.0267. The molecule has 0 saturated heterocycles. The second-order valence-corrected chi connectivity index (χ2v) is 5.76. The standard InChI is InChI=1S/C13H9ClIN3O3/c14-10-5-7(15)1-4-12(10)17-13(19)9-6-8(18(20)21)2-3-11(9)16/h1-6H,16H2,(H,17,19). The average Bonchev–Trinajstić information content (AvgIpc) is 2.42. The molecule has 0 spiro atoms. The molecule has 0 bridgehead atoms. The van der Waals surface area contributed by atoms with E-state index in [1.807, 2.05) is 0 Å². The molecular formula is C13H9ClIN3O3. The van der Waals surface area contributed by atoms with Crippen molar-refractivity contribution in [2.75, 3.05) is 11.1 Å². The Bertz CT molecular complexity index is 737. The lowest BCUT2D eigenvalue weighted by Crippen LogP contribution is -2.14. The molecule has 0 aliphatic carbocycles. The van der Waals surface area contributed by atoms with E-state index < -0.39 is 10.8 Å². The number of carbonyl (C=O) groups is 1. The van der Waals surface area contributed by atoms with Crippen molar-refractivity contribution in [2.45, 2.75) is 0 Å². The molecule has 0 fully saturated rings. The van der Waals surface area contributed by atoms with E-state index in [0.29, 0.717) is 10.7 Å². The molecule has 0 unspecified atom stereocenters. The molecule has 108 valence electrons. The maximum atomic E-state index is 12.2. The Morgan fingerprint density at radius 1 is 1.29 bits per heavy atom. The van der Waals surface area contributed by atoms with E-state index in [1.165, 1.54) is 12.1 Å². The van der Waals surface area contributed by atoms with Gasteiger partial charge in [-0.25, -0.2) is 0 Å². The number of non-ortho nitro benzene ring substituents is 1. The highest BCUT2D eigenvalue weighted by molar-refractivity contribution is 14.1. The molecule has 3 N–H and O–H groups in total. The Morgan fingerprint density at radius 3 is 2.62 bits per heavy atom. The number of halogens is 2. The molecule has 0 atom stereocenters. The molecule has 2 aromatic rings. The Morgan fingerprint density at radius 2 is 2.00 bits per heavy atom. The lowest BCUT2D eigenvalue weighted by Gasteiger charge is -2.09. The maximum Gasteiger partial charge on any atom is 0.270 e. The number of benzene rings is 2. The summed E-state index contributed by atoms with van der Waals surface area (Å²) in [6.07, 6.45) is 0. The predicted molar refractivity (Wildman–Crippen MR) is 89.6 cm³/mol. The van der Waals surface area contributed by atoms with Gasteiger partial charge >= 0.3 is 0 Å². The molecule has 0 aromatic heterocycles. The Labute approximate surface area is 138 Å². The summed E-state index contributed by atoms with van der Waals surface area (Å²) in [5.74, 6) is -0.556. The molecule has 0 saturated carbocycles. The van der Waals surface area contributed by atoms with E-state index in [9.17, 15) is 14.9 Å². The maximum absolute atomic E-state index is 12.2. The number of hydrogen-bond acceptors (Lipinski definition) is 4. The number of nitro benzene ring substituents is 1. The predicted octanol–water partition coefficient (Wildman–Crippen LogP) is 3.69. The number of nitro groups is 1. The average molecular weight is 418 g/mol. The van der Waals surface area contributed by atoms with E-state index in [1.54, 1.807) is 18.2 Å². The van der Waals surface area contributed by atoms with Gasteiger partial charge in [-0.1, -0.05) is 11.6 Å². The van der Waals surface area contributed by atoms with Crippen molar-refractivity contribution in [3.63, 3.8) is 0 Å². The third-order valence-electron chi connectivity index (χ3n) is 2.67. The van der Waals surface area contributed by atoms with Crippen molar-refractivity contribution >= 4 is 57.2 Å². The number of carbonyl (C=O) groups excluding carboxylic acids is 1. The molecule has 0 aliphatic rings. The van der Waals surface area contributed by atoms with E-state index in [4.69, 9.17) is 17.3 Å². The summed E-state index contributed by atoms with van der Waals surface area (Å²) in [5.41, 5.74) is 6.07. The van der Waals surface area contributed by atoms with E-state index in [-0.39, 0.29) is 16.9 Å². The smallest absolute Gasteiger partial charge is 0.270 e. The van der Waals surface area contributed by atoms with Crippen LogP contribution in [0.5, 0.6) is 0 Å². The summed E-state index contributed by atoms with van der Waals surface area (Å²) < 4.78 is 0.922. The highest BCUT2D eigenvalue weighted by Gasteiger charge is 2.16. The zero-order valence-electron chi connectivity index (χ0n) is 10.5. The van der Waals surface area contributed by atoms with Gasteiger partial charge in [-0.05, 0) is 46.9 Å². The van der Waals surface area contributed by atoms with Crippen LogP contribution in [-0.2, 0) is 0 Å². The summed E-state index contributed by atoms with van der Waals surface area (Å²) in [7, 11) is 0. The first-order valence-corrected chi connectivity index (χ1v) is 7.14. The lowest BCUT2D eigenvalue weighted by molar-refractivity contribution is -0.384. The quantitative estimate of drug-likeness (QED) is 0.344. The number of nitrogens with one attached hydrogen (secondary N) is 1. The first kappa shape index (κ1) is 15.5. The third kappa shape index (κ3) is 3.61. The van der Waals surface area contributed by atoms with Crippen LogP contribution in [0, 0.1) is 13.7 Å². The van der Waals surface area contributed by atoms with Crippen LogP contribution in [0.1, 0.15) is 10.4 Å². The van der Waals surface area contributed by atoms with Crippen LogP contribution < -0.4 is 11.1 Å². The first-order chi connectivity index (χ1) is 9.88. The fraction of sp³-hybridized carbons (Fsp3) is 0. The molecule has 1 amide bonds. The van der Waals surface area contributed by atoms with Crippen molar-refractivity contribution in [3.8, 4) is 0 Å². The van der Waals surface area contributed by atoms with Crippen LogP contribution in [0.25, 0.3) is 0 Å². The zero-order chi connectivity index (χ0) is 15.6. The van der Waals surface area contributed by atoms with Gasteiger partial charge in [0.1, 0.15) is 0 Å². The highest BCUT2D eigenvalue weighted by atomic mass is 127. The van der Waals surface area contributed by atoms with E-state index in [2.05, 4.69) is 27.9 Å². The van der Waals surface area contributed by atoms with Gasteiger partial charge in [-0.3, -0.25) is 14.9 Å². The van der Waals surface area contributed by atoms with Crippen molar-refractivity contribution in [3.05, 3.63) is 60.7 Å². The largest absolute Gasteiger partial charge is 0.398 e. The second kappa shape index (κ2) is 6.27. The normalized spacial score (nSPS) is 10.2. The summed E-state index contributed by atoms with van der Waals surface area (Å²) in [4.78, 5) is 22.3. The first-order valence-electron chi connectivity index (χ1n) is 5.69. The fourth-order valence-corrected chi connectivity index (χ4v) is 2.54. The molecule has 0 heterocycles. The summed E-state index contributed by atoms with van der Waals surface area (Å²) in [6, 6.07) is 8.81. The highest BCUT2D eigenvalue weighted by Crippen LogP contribution is 2.26. The van der Waals surface area contributed by atoms with E-state index >= 15 is 0 Å². The molecule has 8 heteroatoms. The minimum atomic E-state index is -0.589. The third-order valence-corrected chi connectivity index (χ3v) is 3.66. The van der Waals surface area contributed by atoms with Crippen molar-refractivity contribution in [2.24, 2.45) is 0 Å². The van der Waals surface area contributed by atoms with Crippen LogP contribution in [-0.4, -0.2) is 10.8 Å². The minimum Gasteiger partial charge on any atom is -0.398 e. The lowest BCUT2D eigenvalue weighted by atomic mass is 10.1. The van der Waals surface area contributed by atoms with Gasteiger partial charge in [-0.2, -0.15) is 0 Å². The van der Waals surface area contributed by atoms with Crippen molar-refractivity contribution < 1.29 is 9.72 Å². The number of hydrogen-bond donors (Lipinski definition) is 2. The summed E-state index contributed by atoms with van der Waals surface area (Å²) >= 11 is 8.12.